The molecule has 3 N–H and O–H groups in total. The first kappa shape index (κ1) is 7.91. The van der Waals surface area contributed by atoms with E-state index in [-0.39, 0.29) is 6.15 Å². The van der Waals surface area contributed by atoms with Crippen molar-refractivity contribution in [2.45, 2.75) is 0 Å². The molecule has 9 heavy (non-hydrogen) atoms. The Labute approximate surface area is 54.3 Å². The van der Waals surface area contributed by atoms with E-state index in [0.717, 1.165) is 5.75 Å². The zero-order valence-corrected chi connectivity index (χ0v) is 5.37. The van der Waals surface area contributed by atoms with Crippen LogP contribution in [0.25, 0.3) is 0 Å². The van der Waals surface area contributed by atoms with Gasteiger partial charge in [-0.15, -0.1) is 0 Å². The quantitative estimate of drug-likeness (QED) is 0.616. The number of hydrogen-bond donors (Lipinski definition) is 1. The molecule has 0 aliphatic heterocycles. The lowest BCUT2D eigenvalue weighted by Crippen LogP contribution is -1.80. The number of pyridine rings is 1. The van der Waals surface area contributed by atoms with Crippen molar-refractivity contribution < 1.29 is 4.74 Å². The first-order valence-electron chi connectivity index (χ1n) is 2.37. The van der Waals surface area contributed by atoms with Crippen molar-refractivity contribution in [3.05, 3.63) is 24.5 Å². The van der Waals surface area contributed by atoms with Crippen LogP contribution in [0.4, 0.5) is 0 Å². The molecule has 0 saturated heterocycles. The summed E-state index contributed by atoms with van der Waals surface area (Å²) in [7, 11) is 1.63. The fourth-order valence-electron chi connectivity index (χ4n) is 0.474. The van der Waals surface area contributed by atoms with Crippen LogP contribution < -0.4 is 10.9 Å². The van der Waals surface area contributed by atoms with Crippen LogP contribution >= 0.6 is 0 Å². The summed E-state index contributed by atoms with van der Waals surface area (Å²) in [6, 6.07) is 3.61. The van der Waals surface area contributed by atoms with Crippen molar-refractivity contribution >= 4 is 0 Å². The van der Waals surface area contributed by atoms with Crippen molar-refractivity contribution in [1.29, 1.82) is 0 Å². The highest BCUT2D eigenvalue weighted by Gasteiger charge is 1.81. The zero-order valence-electron chi connectivity index (χ0n) is 5.37. The molecule has 1 aromatic heterocycles. The molecule has 0 fully saturated rings. The Balaban J connectivity index is 0.000000640. The molecule has 0 amide bonds. The average molecular weight is 126 g/mol. The zero-order chi connectivity index (χ0) is 5.82. The van der Waals surface area contributed by atoms with Crippen molar-refractivity contribution in [3.63, 3.8) is 0 Å². The van der Waals surface area contributed by atoms with Crippen molar-refractivity contribution in [2.24, 2.45) is 0 Å². The summed E-state index contributed by atoms with van der Waals surface area (Å²) < 4.78 is 4.87. The van der Waals surface area contributed by atoms with Gasteiger partial charge in [-0.25, -0.2) is 0 Å². The molecule has 0 saturated carbocycles. The first-order valence-corrected chi connectivity index (χ1v) is 2.37. The molecule has 1 aromatic rings. The summed E-state index contributed by atoms with van der Waals surface area (Å²) in [6.07, 6.45) is 3.39. The van der Waals surface area contributed by atoms with Gasteiger partial charge >= 0.3 is 0 Å². The molecular formula is C6H10N2O. The van der Waals surface area contributed by atoms with E-state index in [1.54, 1.807) is 31.6 Å². The fourth-order valence-corrected chi connectivity index (χ4v) is 0.474. The van der Waals surface area contributed by atoms with Crippen LogP contribution in [0.2, 0.25) is 0 Å². The van der Waals surface area contributed by atoms with Gasteiger partial charge < -0.3 is 10.9 Å². The maximum atomic E-state index is 4.87. The Kier molecular flexibility index (Phi) is 3.39. The summed E-state index contributed by atoms with van der Waals surface area (Å²) in [6.45, 7) is 0. The number of ether oxygens (including phenoxy) is 1. The third-order valence-electron chi connectivity index (χ3n) is 0.885. The Hall–Kier alpha value is -1.09. The van der Waals surface area contributed by atoms with Gasteiger partial charge in [-0.3, -0.25) is 4.98 Å². The van der Waals surface area contributed by atoms with Gasteiger partial charge in [0, 0.05) is 12.4 Å². The van der Waals surface area contributed by atoms with Gasteiger partial charge in [0.1, 0.15) is 5.75 Å². The van der Waals surface area contributed by atoms with Crippen LogP contribution in [0.3, 0.4) is 0 Å². The van der Waals surface area contributed by atoms with E-state index in [0.29, 0.717) is 0 Å². The van der Waals surface area contributed by atoms with Crippen molar-refractivity contribution in [2.75, 3.05) is 7.11 Å². The molecule has 50 valence electrons. The van der Waals surface area contributed by atoms with Crippen LogP contribution in [0.15, 0.2) is 24.5 Å². The molecule has 0 aromatic carbocycles. The number of nitrogens with zero attached hydrogens (tertiary/aromatic N) is 1. The molecule has 3 nitrogen and oxygen atoms in total. The SMILES string of the molecule is COc1ccncc1.N. The molecule has 0 atom stereocenters. The molecule has 0 spiro atoms. The number of aromatic nitrogens is 1. The average Bonchev–Trinajstić information content (AvgIpc) is 1.90. The van der Waals surface area contributed by atoms with E-state index in [9.17, 15) is 0 Å². The Morgan fingerprint density at radius 1 is 1.33 bits per heavy atom. The molecule has 1 heterocycles. The van der Waals surface area contributed by atoms with Gasteiger partial charge in [-0.2, -0.15) is 0 Å². The summed E-state index contributed by atoms with van der Waals surface area (Å²) in [4.78, 5) is 3.81. The number of methoxy groups -OCH3 is 1. The van der Waals surface area contributed by atoms with Gasteiger partial charge in [0.25, 0.3) is 0 Å². The van der Waals surface area contributed by atoms with Crippen LogP contribution in [-0.2, 0) is 0 Å². The molecule has 1 rings (SSSR count). The predicted molar refractivity (Wildman–Crippen MR) is 35.8 cm³/mol. The predicted octanol–water partition coefficient (Wildman–Crippen LogP) is 1.25. The molecule has 3 heteroatoms. The topological polar surface area (TPSA) is 57.1 Å². The highest BCUT2D eigenvalue weighted by atomic mass is 16.5. The van der Waals surface area contributed by atoms with Crippen LogP contribution in [0.5, 0.6) is 5.75 Å². The largest absolute Gasteiger partial charge is 0.497 e. The summed E-state index contributed by atoms with van der Waals surface area (Å²) >= 11 is 0. The molecular weight excluding hydrogens is 116 g/mol. The van der Waals surface area contributed by atoms with Crippen molar-refractivity contribution in [1.82, 2.24) is 11.1 Å². The number of rotatable bonds is 1. The van der Waals surface area contributed by atoms with E-state index in [4.69, 9.17) is 4.74 Å². The van der Waals surface area contributed by atoms with Gasteiger partial charge in [0.2, 0.25) is 0 Å². The third-order valence-corrected chi connectivity index (χ3v) is 0.885. The van der Waals surface area contributed by atoms with Crippen LogP contribution in [0, 0.1) is 0 Å². The minimum absolute atomic E-state index is 0. The van der Waals surface area contributed by atoms with E-state index < -0.39 is 0 Å². The van der Waals surface area contributed by atoms with E-state index in [2.05, 4.69) is 4.98 Å². The lowest BCUT2D eigenvalue weighted by atomic mass is 10.5. The highest BCUT2D eigenvalue weighted by molar-refractivity contribution is 5.16. The monoisotopic (exact) mass is 126 g/mol. The first-order chi connectivity index (χ1) is 3.93. The smallest absolute Gasteiger partial charge is 0.121 e. The normalized spacial score (nSPS) is 7.67. The van der Waals surface area contributed by atoms with Gasteiger partial charge in [-0.05, 0) is 12.1 Å². The van der Waals surface area contributed by atoms with Gasteiger partial charge in [-0.1, -0.05) is 0 Å². The second-order valence-electron chi connectivity index (χ2n) is 1.39. The van der Waals surface area contributed by atoms with Crippen molar-refractivity contribution in [3.8, 4) is 5.75 Å². The standard InChI is InChI=1S/C6H7NO.H3N/c1-8-6-2-4-7-5-3-6;/h2-5H,1H3;1H3. The molecule has 0 radical (unpaired) electrons. The lowest BCUT2D eigenvalue weighted by molar-refractivity contribution is 0.414. The Morgan fingerprint density at radius 3 is 2.22 bits per heavy atom. The Bertz CT molecular complexity index is 152. The maximum absolute atomic E-state index is 4.87. The summed E-state index contributed by atoms with van der Waals surface area (Å²) in [5, 5.41) is 0. The van der Waals surface area contributed by atoms with Crippen LogP contribution in [0.1, 0.15) is 0 Å². The van der Waals surface area contributed by atoms with E-state index in [1.165, 1.54) is 0 Å². The second kappa shape index (κ2) is 3.86. The minimum Gasteiger partial charge on any atom is -0.497 e. The maximum Gasteiger partial charge on any atom is 0.121 e. The number of hydrogen-bond acceptors (Lipinski definition) is 3. The molecule has 0 aliphatic rings. The molecule has 0 bridgehead atoms. The minimum atomic E-state index is 0. The highest BCUT2D eigenvalue weighted by Crippen LogP contribution is 2.03. The third kappa shape index (κ3) is 2.10. The lowest BCUT2D eigenvalue weighted by Gasteiger charge is -1.93. The molecule has 0 aliphatic carbocycles. The fraction of sp³-hybridized carbons (Fsp3) is 0.167. The Morgan fingerprint density at radius 2 is 1.89 bits per heavy atom. The summed E-state index contributed by atoms with van der Waals surface area (Å²) in [5.41, 5.74) is 0. The molecule has 0 unspecified atom stereocenters. The van der Waals surface area contributed by atoms with E-state index >= 15 is 0 Å². The summed E-state index contributed by atoms with van der Waals surface area (Å²) in [5.74, 6) is 0.847. The van der Waals surface area contributed by atoms with Crippen LogP contribution in [-0.4, -0.2) is 12.1 Å². The van der Waals surface area contributed by atoms with Gasteiger partial charge in [0.15, 0.2) is 0 Å². The second-order valence-corrected chi connectivity index (χ2v) is 1.39. The van der Waals surface area contributed by atoms with Gasteiger partial charge in [0.05, 0.1) is 7.11 Å². The van der Waals surface area contributed by atoms with E-state index in [1.807, 2.05) is 0 Å².